The molecule has 4 aromatic rings. The zero-order chi connectivity index (χ0) is 23.0. The number of rotatable bonds is 5. The Kier molecular flexibility index (Phi) is 5.65. The van der Waals surface area contributed by atoms with E-state index in [1.165, 1.54) is 28.6 Å². The topological polar surface area (TPSA) is 95.2 Å². The first-order chi connectivity index (χ1) is 15.9. The van der Waals surface area contributed by atoms with Gasteiger partial charge in [0.25, 0.3) is 0 Å². The summed E-state index contributed by atoms with van der Waals surface area (Å²) >= 11 is 5.90. The van der Waals surface area contributed by atoms with Crippen LogP contribution in [0.15, 0.2) is 77.7 Å². The maximum absolute atomic E-state index is 13.2. The monoisotopic (exact) mass is 480 g/mol. The molecule has 1 unspecified atom stereocenters. The summed E-state index contributed by atoms with van der Waals surface area (Å²) in [6.07, 6.45) is 1.06. The van der Waals surface area contributed by atoms with Gasteiger partial charge in [0.05, 0.1) is 21.6 Å². The van der Waals surface area contributed by atoms with E-state index in [-0.39, 0.29) is 17.3 Å². The first-order valence-electron chi connectivity index (χ1n) is 10.6. The number of fused-ring (bicyclic) bond motifs is 1. The van der Waals surface area contributed by atoms with E-state index >= 15 is 0 Å². The number of H-pyrrole nitrogens is 1. The highest BCUT2D eigenvalue weighted by Crippen LogP contribution is 2.31. The highest BCUT2D eigenvalue weighted by atomic mass is 35.5. The normalized spacial score (nSPS) is 16.8. The number of carbonyl (C=O) groups excluding carboxylic acids is 1. The smallest absolute Gasteiger partial charge is 0.243 e. The number of carbonyl (C=O) groups is 1. The van der Waals surface area contributed by atoms with Crippen LogP contribution in [0, 0.1) is 0 Å². The van der Waals surface area contributed by atoms with Crippen LogP contribution >= 0.6 is 11.6 Å². The van der Waals surface area contributed by atoms with Gasteiger partial charge in [0.15, 0.2) is 0 Å². The van der Waals surface area contributed by atoms with E-state index in [9.17, 15) is 13.2 Å². The Morgan fingerprint density at radius 2 is 1.76 bits per heavy atom. The minimum atomic E-state index is -3.83. The quantitative estimate of drug-likeness (QED) is 0.433. The number of aromatic amines is 1. The van der Waals surface area contributed by atoms with Crippen LogP contribution in [0.2, 0.25) is 5.02 Å². The number of nitrogens with zero attached hydrogens (tertiary/aromatic N) is 2. The van der Waals surface area contributed by atoms with Crippen LogP contribution < -0.4 is 5.32 Å². The lowest BCUT2D eigenvalue weighted by Crippen LogP contribution is -2.43. The van der Waals surface area contributed by atoms with E-state index in [1.54, 1.807) is 6.07 Å². The van der Waals surface area contributed by atoms with Gasteiger partial charge in [-0.2, -0.15) is 4.31 Å². The van der Waals surface area contributed by atoms with Crippen molar-refractivity contribution in [2.45, 2.75) is 23.8 Å². The summed E-state index contributed by atoms with van der Waals surface area (Å²) in [7, 11) is -3.83. The van der Waals surface area contributed by atoms with Crippen molar-refractivity contribution in [3.8, 4) is 11.4 Å². The molecule has 3 aromatic carbocycles. The van der Waals surface area contributed by atoms with Gasteiger partial charge in [-0.1, -0.05) is 35.9 Å². The van der Waals surface area contributed by atoms with Crippen molar-refractivity contribution in [2.75, 3.05) is 11.9 Å². The predicted octanol–water partition coefficient (Wildman–Crippen LogP) is 4.68. The maximum atomic E-state index is 13.2. The van der Waals surface area contributed by atoms with Gasteiger partial charge in [-0.05, 0) is 61.4 Å². The standard InChI is InChI=1S/C24H21ClN4O3S/c25-16-11-13-17(14-12-16)33(31,32)29-15-5-10-22(29)24(30)28-19-7-2-1-6-18(19)23-26-20-8-3-4-9-21(20)27-23/h1-4,6-9,11-14,22H,5,10,15H2,(H,26,27)(H,28,30). The van der Waals surface area contributed by atoms with Crippen LogP contribution in [0.5, 0.6) is 0 Å². The zero-order valence-corrected chi connectivity index (χ0v) is 19.1. The number of para-hydroxylation sites is 3. The largest absolute Gasteiger partial charge is 0.338 e. The Bertz CT molecular complexity index is 1400. The lowest BCUT2D eigenvalue weighted by molar-refractivity contribution is -0.119. The molecule has 1 saturated heterocycles. The van der Waals surface area contributed by atoms with E-state index in [4.69, 9.17) is 11.6 Å². The van der Waals surface area contributed by atoms with Gasteiger partial charge in [0.1, 0.15) is 11.9 Å². The highest BCUT2D eigenvalue weighted by Gasteiger charge is 2.39. The summed E-state index contributed by atoms with van der Waals surface area (Å²) in [5.41, 5.74) is 3.01. The number of hydrogen-bond donors (Lipinski definition) is 2. The number of halogens is 1. The Labute approximate surface area is 196 Å². The fourth-order valence-corrected chi connectivity index (χ4v) is 5.91. The average molecular weight is 481 g/mol. The number of amides is 1. The number of aromatic nitrogens is 2. The van der Waals surface area contributed by atoms with Gasteiger partial charge >= 0.3 is 0 Å². The molecule has 1 aliphatic rings. The number of benzene rings is 3. The molecule has 0 radical (unpaired) electrons. The third-order valence-corrected chi connectivity index (χ3v) is 7.93. The summed E-state index contributed by atoms with van der Waals surface area (Å²) in [4.78, 5) is 21.3. The van der Waals surface area contributed by atoms with Crippen molar-refractivity contribution < 1.29 is 13.2 Å². The molecule has 0 aliphatic carbocycles. The Morgan fingerprint density at radius 3 is 2.55 bits per heavy atom. The molecule has 5 rings (SSSR count). The van der Waals surface area contributed by atoms with Crippen LogP contribution in [-0.4, -0.2) is 41.2 Å². The van der Waals surface area contributed by atoms with E-state index in [2.05, 4.69) is 15.3 Å². The Balaban J connectivity index is 1.42. The number of anilines is 1. The van der Waals surface area contributed by atoms with Crippen LogP contribution in [0.3, 0.4) is 0 Å². The van der Waals surface area contributed by atoms with Gasteiger partial charge in [0.2, 0.25) is 15.9 Å². The second-order valence-corrected chi connectivity index (χ2v) is 10.2. The molecule has 7 nitrogen and oxygen atoms in total. The van der Waals surface area contributed by atoms with E-state index in [0.717, 1.165) is 16.6 Å². The fourth-order valence-electron chi connectivity index (χ4n) is 4.13. The molecule has 1 aromatic heterocycles. The molecular weight excluding hydrogens is 460 g/mol. The molecule has 1 amide bonds. The number of nitrogens with one attached hydrogen (secondary N) is 2. The van der Waals surface area contributed by atoms with Gasteiger partial charge < -0.3 is 10.3 Å². The minimum absolute atomic E-state index is 0.120. The first-order valence-corrected chi connectivity index (χ1v) is 12.4. The number of imidazole rings is 1. The van der Waals surface area contributed by atoms with Crippen molar-refractivity contribution in [3.63, 3.8) is 0 Å². The second-order valence-electron chi connectivity index (χ2n) is 7.87. The van der Waals surface area contributed by atoms with Crippen molar-refractivity contribution in [1.29, 1.82) is 0 Å². The molecule has 9 heteroatoms. The van der Waals surface area contributed by atoms with Gasteiger partial charge in [-0.25, -0.2) is 13.4 Å². The molecule has 2 N–H and O–H groups in total. The molecule has 168 valence electrons. The minimum Gasteiger partial charge on any atom is -0.338 e. The lowest BCUT2D eigenvalue weighted by Gasteiger charge is -2.24. The summed E-state index contributed by atoms with van der Waals surface area (Å²) in [6, 6.07) is 20.2. The maximum Gasteiger partial charge on any atom is 0.243 e. The average Bonchev–Trinajstić information content (AvgIpc) is 3.47. The third kappa shape index (κ3) is 4.13. The Morgan fingerprint density at radius 1 is 1.03 bits per heavy atom. The molecule has 0 bridgehead atoms. The van der Waals surface area contributed by atoms with Gasteiger partial charge in [-0.15, -0.1) is 0 Å². The van der Waals surface area contributed by atoms with Crippen molar-refractivity contribution in [2.24, 2.45) is 0 Å². The SMILES string of the molecule is O=C(Nc1ccccc1-c1nc2ccccc2[nH]1)C1CCCN1S(=O)(=O)c1ccc(Cl)cc1. The molecule has 1 aliphatic heterocycles. The second kappa shape index (κ2) is 8.62. The third-order valence-electron chi connectivity index (χ3n) is 5.76. The molecule has 2 heterocycles. The summed E-state index contributed by atoms with van der Waals surface area (Å²) in [5, 5.41) is 3.38. The van der Waals surface area contributed by atoms with Crippen LogP contribution in [0.4, 0.5) is 5.69 Å². The summed E-state index contributed by atoms with van der Waals surface area (Å²) in [6.45, 7) is 0.286. The van der Waals surface area contributed by atoms with Crippen LogP contribution in [0.25, 0.3) is 22.4 Å². The van der Waals surface area contributed by atoms with Crippen molar-refractivity contribution in [1.82, 2.24) is 14.3 Å². The fraction of sp³-hybridized carbons (Fsp3) is 0.167. The summed E-state index contributed by atoms with van der Waals surface area (Å²) in [5.74, 6) is 0.262. The van der Waals surface area contributed by atoms with Gasteiger partial charge in [0, 0.05) is 17.1 Å². The lowest BCUT2D eigenvalue weighted by atomic mass is 10.1. The molecule has 1 atom stereocenters. The number of sulfonamides is 1. The summed E-state index contributed by atoms with van der Waals surface area (Å²) < 4.78 is 27.7. The molecule has 33 heavy (non-hydrogen) atoms. The number of hydrogen-bond acceptors (Lipinski definition) is 4. The van der Waals surface area contributed by atoms with Gasteiger partial charge in [-0.3, -0.25) is 4.79 Å². The van der Waals surface area contributed by atoms with Crippen LogP contribution in [0.1, 0.15) is 12.8 Å². The predicted molar refractivity (Wildman–Crippen MR) is 129 cm³/mol. The van der Waals surface area contributed by atoms with Crippen LogP contribution in [-0.2, 0) is 14.8 Å². The molecular formula is C24H21ClN4O3S. The Hall–Kier alpha value is -3.20. The zero-order valence-electron chi connectivity index (χ0n) is 17.5. The molecule has 0 spiro atoms. The highest BCUT2D eigenvalue weighted by molar-refractivity contribution is 7.89. The van der Waals surface area contributed by atoms with E-state index < -0.39 is 16.1 Å². The molecule has 1 fully saturated rings. The van der Waals surface area contributed by atoms with E-state index in [0.29, 0.717) is 29.4 Å². The first kappa shape index (κ1) is 21.6. The van der Waals surface area contributed by atoms with Crippen molar-refractivity contribution in [3.05, 3.63) is 77.8 Å². The van der Waals surface area contributed by atoms with E-state index in [1.807, 2.05) is 42.5 Å². The molecule has 0 saturated carbocycles. The van der Waals surface area contributed by atoms with Crippen molar-refractivity contribution >= 4 is 44.3 Å².